The Morgan fingerprint density at radius 3 is 2.05 bits per heavy atom. The Hall–Kier alpha value is -2.37. The SMILES string of the molecule is Cc1c(C)c2oc1c1c2C(=O)N(C2CCC(=O)N(C)C2)C1=O. The normalized spacial score (nSPS) is 22.3. The number of hydrogen-bond donors (Lipinski definition) is 0. The number of amides is 3. The van der Waals surface area contributed by atoms with E-state index in [1.165, 1.54) is 4.90 Å². The number of imide groups is 1. The fourth-order valence-electron chi connectivity index (χ4n) is 3.57. The second-order valence-corrected chi connectivity index (χ2v) is 6.21. The summed E-state index contributed by atoms with van der Waals surface area (Å²) in [6.45, 7) is 4.19. The molecule has 2 bridgehead atoms. The number of benzene rings is 1. The predicted molar refractivity (Wildman–Crippen MR) is 78.0 cm³/mol. The van der Waals surface area contributed by atoms with Gasteiger partial charge in [0.1, 0.15) is 11.2 Å². The van der Waals surface area contributed by atoms with Crippen molar-refractivity contribution in [2.45, 2.75) is 32.7 Å². The van der Waals surface area contributed by atoms with Crippen LogP contribution in [-0.4, -0.2) is 47.2 Å². The number of rotatable bonds is 1. The molecule has 4 heterocycles. The molecule has 1 atom stereocenters. The molecule has 6 heteroatoms. The van der Waals surface area contributed by atoms with Crippen LogP contribution in [0.1, 0.15) is 44.7 Å². The molecule has 2 aliphatic heterocycles. The summed E-state index contributed by atoms with van der Waals surface area (Å²) in [5.41, 5.74) is 3.72. The van der Waals surface area contributed by atoms with Crippen LogP contribution in [0.3, 0.4) is 0 Å². The summed E-state index contributed by atoms with van der Waals surface area (Å²) in [5, 5.41) is 0. The molecule has 22 heavy (non-hydrogen) atoms. The smallest absolute Gasteiger partial charge is 0.265 e. The lowest BCUT2D eigenvalue weighted by Crippen LogP contribution is -2.50. The summed E-state index contributed by atoms with van der Waals surface area (Å²) in [4.78, 5) is 40.0. The highest BCUT2D eigenvalue weighted by Crippen LogP contribution is 2.41. The van der Waals surface area contributed by atoms with Crippen molar-refractivity contribution in [1.29, 1.82) is 0 Å². The second kappa shape index (κ2) is 4.09. The Bertz CT molecular complexity index is 784. The van der Waals surface area contributed by atoms with Crippen molar-refractivity contribution in [3.8, 4) is 0 Å². The minimum absolute atomic E-state index is 0.0522. The number of piperidine rings is 1. The van der Waals surface area contributed by atoms with Crippen molar-refractivity contribution < 1.29 is 18.8 Å². The standard InChI is InChI=1S/C16H16N2O4/c1-7-8(2)14-12-11(13(7)22-14)15(20)18(16(12)21)9-4-5-10(19)17(3)6-9/h9H,4-6H2,1-3H3. The van der Waals surface area contributed by atoms with Crippen LogP contribution in [-0.2, 0) is 4.79 Å². The van der Waals surface area contributed by atoms with Gasteiger partial charge in [0.25, 0.3) is 11.8 Å². The third-order valence-corrected chi connectivity index (χ3v) is 4.98. The van der Waals surface area contributed by atoms with Crippen molar-refractivity contribution in [2.75, 3.05) is 13.6 Å². The van der Waals surface area contributed by atoms with Gasteiger partial charge in [-0.2, -0.15) is 0 Å². The van der Waals surface area contributed by atoms with Crippen molar-refractivity contribution in [1.82, 2.24) is 9.80 Å². The van der Waals surface area contributed by atoms with E-state index in [4.69, 9.17) is 4.42 Å². The molecule has 6 nitrogen and oxygen atoms in total. The van der Waals surface area contributed by atoms with Crippen molar-refractivity contribution in [2.24, 2.45) is 0 Å². The molecule has 0 N–H and O–H groups in total. The summed E-state index contributed by atoms with van der Waals surface area (Å²) in [5.74, 6) is -0.523. The molecule has 2 aliphatic rings. The van der Waals surface area contributed by atoms with Gasteiger partial charge in [-0.3, -0.25) is 19.3 Å². The average Bonchev–Trinajstić information content (AvgIpc) is 3.08. The van der Waals surface area contributed by atoms with Gasteiger partial charge in [0, 0.05) is 20.0 Å². The van der Waals surface area contributed by atoms with Crippen LogP contribution in [0.4, 0.5) is 0 Å². The van der Waals surface area contributed by atoms with Crippen LogP contribution < -0.4 is 0 Å². The summed E-state index contributed by atoms with van der Waals surface area (Å²) in [6, 6.07) is -0.255. The van der Waals surface area contributed by atoms with E-state index in [2.05, 4.69) is 0 Å². The molecule has 2 aromatic heterocycles. The Morgan fingerprint density at radius 1 is 1.00 bits per heavy atom. The Kier molecular flexibility index (Phi) is 2.47. The van der Waals surface area contributed by atoms with E-state index in [1.54, 1.807) is 11.9 Å². The minimum atomic E-state index is -0.287. The van der Waals surface area contributed by atoms with Gasteiger partial charge in [-0.25, -0.2) is 0 Å². The molecule has 114 valence electrons. The third kappa shape index (κ3) is 1.42. The molecular weight excluding hydrogens is 284 g/mol. The number of aryl methyl sites for hydroxylation is 2. The van der Waals surface area contributed by atoms with Gasteiger partial charge >= 0.3 is 0 Å². The van der Waals surface area contributed by atoms with E-state index in [0.717, 1.165) is 11.1 Å². The maximum absolute atomic E-state index is 12.7. The maximum Gasteiger partial charge on any atom is 0.265 e. The summed E-state index contributed by atoms with van der Waals surface area (Å²) < 4.78 is 5.63. The zero-order chi connectivity index (χ0) is 15.8. The highest BCUT2D eigenvalue weighted by Gasteiger charge is 2.47. The average molecular weight is 300 g/mol. The van der Waals surface area contributed by atoms with Gasteiger partial charge < -0.3 is 9.32 Å². The van der Waals surface area contributed by atoms with Gasteiger partial charge in [0.15, 0.2) is 0 Å². The van der Waals surface area contributed by atoms with Crippen molar-refractivity contribution in [3.63, 3.8) is 0 Å². The number of carbonyl (C=O) groups excluding carboxylic acids is 3. The van der Waals surface area contributed by atoms with Gasteiger partial charge in [-0.1, -0.05) is 0 Å². The van der Waals surface area contributed by atoms with E-state index in [1.807, 2.05) is 13.8 Å². The third-order valence-electron chi connectivity index (χ3n) is 4.98. The number of hydrogen-bond acceptors (Lipinski definition) is 4. The van der Waals surface area contributed by atoms with Crippen LogP contribution in [0.5, 0.6) is 0 Å². The maximum atomic E-state index is 12.7. The van der Waals surface area contributed by atoms with Crippen LogP contribution >= 0.6 is 0 Å². The number of furan rings is 2. The van der Waals surface area contributed by atoms with E-state index >= 15 is 0 Å². The predicted octanol–water partition coefficient (Wildman–Crippen LogP) is 1.70. The molecular formula is C16H16N2O4. The molecule has 0 aromatic carbocycles. The van der Waals surface area contributed by atoms with Crippen molar-refractivity contribution >= 4 is 28.9 Å². The summed E-state index contributed by atoms with van der Waals surface area (Å²) >= 11 is 0. The van der Waals surface area contributed by atoms with E-state index in [-0.39, 0.29) is 23.8 Å². The van der Waals surface area contributed by atoms with Gasteiger partial charge in [-0.15, -0.1) is 0 Å². The summed E-state index contributed by atoms with van der Waals surface area (Å²) in [7, 11) is 1.70. The molecule has 4 rings (SSSR count). The first kappa shape index (κ1) is 13.3. The van der Waals surface area contributed by atoms with Gasteiger partial charge in [0.05, 0.1) is 17.2 Å². The monoisotopic (exact) mass is 300 g/mol. The number of fused-ring (bicyclic) bond motifs is 5. The Balaban J connectivity index is 1.76. The first-order valence-electron chi connectivity index (χ1n) is 7.38. The molecule has 1 saturated heterocycles. The topological polar surface area (TPSA) is 70.8 Å². The summed E-state index contributed by atoms with van der Waals surface area (Å²) in [6.07, 6.45) is 0.890. The number of likely N-dealkylation sites (tertiary alicyclic amines) is 1. The number of likely N-dealkylation sites (N-methyl/N-ethyl adjacent to an activating group) is 1. The Labute approximate surface area is 127 Å². The lowest BCUT2D eigenvalue weighted by molar-refractivity contribution is -0.133. The molecule has 1 unspecified atom stereocenters. The lowest BCUT2D eigenvalue weighted by Gasteiger charge is -2.34. The first-order chi connectivity index (χ1) is 10.4. The highest BCUT2D eigenvalue weighted by atomic mass is 16.3. The zero-order valence-corrected chi connectivity index (χ0v) is 12.7. The Morgan fingerprint density at radius 2 is 1.55 bits per heavy atom. The fraction of sp³-hybridized carbons (Fsp3) is 0.438. The van der Waals surface area contributed by atoms with E-state index in [9.17, 15) is 14.4 Å². The van der Waals surface area contributed by atoms with E-state index < -0.39 is 0 Å². The molecule has 3 amide bonds. The molecule has 0 spiro atoms. The molecule has 0 saturated carbocycles. The number of carbonyl (C=O) groups is 3. The van der Waals surface area contributed by atoms with Gasteiger partial charge in [0.2, 0.25) is 5.91 Å². The molecule has 2 aromatic rings. The lowest BCUT2D eigenvalue weighted by atomic mass is 10.0. The van der Waals surface area contributed by atoms with Crippen LogP contribution in [0.25, 0.3) is 11.2 Å². The van der Waals surface area contributed by atoms with Crippen LogP contribution in [0.2, 0.25) is 0 Å². The highest BCUT2D eigenvalue weighted by molar-refractivity contribution is 6.28. The molecule has 1 fully saturated rings. The largest absolute Gasteiger partial charge is 0.455 e. The molecule has 0 radical (unpaired) electrons. The number of nitrogens with zero attached hydrogens (tertiary/aromatic N) is 2. The minimum Gasteiger partial charge on any atom is -0.455 e. The molecule has 0 aliphatic carbocycles. The fourth-order valence-corrected chi connectivity index (χ4v) is 3.57. The van der Waals surface area contributed by atoms with Crippen LogP contribution in [0, 0.1) is 13.8 Å². The second-order valence-electron chi connectivity index (χ2n) is 6.21. The van der Waals surface area contributed by atoms with Gasteiger partial charge in [-0.05, 0) is 31.4 Å². The first-order valence-corrected chi connectivity index (χ1v) is 7.38. The van der Waals surface area contributed by atoms with Crippen LogP contribution in [0.15, 0.2) is 4.42 Å². The zero-order valence-electron chi connectivity index (χ0n) is 12.7. The van der Waals surface area contributed by atoms with E-state index in [0.29, 0.717) is 41.7 Å². The van der Waals surface area contributed by atoms with Crippen molar-refractivity contribution in [3.05, 3.63) is 22.3 Å². The quantitative estimate of drug-likeness (QED) is 0.752.